The van der Waals surface area contributed by atoms with Crippen LogP contribution in [0.25, 0.3) is 0 Å². The van der Waals surface area contributed by atoms with Crippen molar-refractivity contribution in [1.29, 1.82) is 0 Å². The molecule has 116 valence electrons. The Morgan fingerprint density at radius 1 is 1.18 bits per heavy atom. The molecule has 0 spiro atoms. The van der Waals surface area contributed by atoms with E-state index in [0.29, 0.717) is 10.6 Å². The summed E-state index contributed by atoms with van der Waals surface area (Å²) in [5.41, 5.74) is 2.84. The number of hydrogen-bond acceptors (Lipinski definition) is 4. The van der Waals surface area contributed by atoms with Gasteiger partial charge in [0, 0.05) is 36.0 Å². The van der Waals surface area contributed by atoms with E-state index in [1.54, 1.807) is 0 Å². The lowest BCUT2D eigenvalue weighted by molar-refractivity contribution is 0.473. The van der Waals surface area contributed by atoms with Crippen molar-refractivity contribution in [1.82, 2.24) is 5.32 Å². The van der Waals surface area contributed by atoms with Gasteiger partial charge in [0.2, 0.25) is 0 Å². The van der Waals surface area contributed by atoms with Crippen molar-refractivity contribution in [3.63, 3.8) is 0 Å². The molecule has 0 atom stereocenters. The van der Waals surface area contributed by atoms with Crippen LogP contribution in [0.2, 0.25) is 0 Å². The normalized spacial score (nSPS) is 17.0. The van der Waals surface area contributed by atoms with Gasteiger partial charge in [-0.25, -0.2) is 0 Å². The number of aryl methyl sites for hydroxylation is 2. The highest BCUT2D eigenvalue weighted by atomic mass is 32.2. The van der Waals surface area contributed by atoms with Gasteiger partial charge in [0.15, 0.2) is 0 Å². The summed E-state index contributed by atoms with van der Waals surface area (Å²) in [5.74, 6) is -0.420. The zero-order valence-corrected chi connectivity index (χ0v) is 13.7. The molecule has 1 aliphatic heterocycles. The van der Waals surface area contributed by atoms with Gasteiger partial charge in [-0.15, -0.1) is 0 Å². The predicted octanol–water partition coefficient (Wildman–Crippen LogP) is 3.57. The van der Waals surface area contributed by atoms with Crippen LogP contribution in [-0.4, -0.2) is 31.3 Å². The Kier molecular flexibility index (Phi) is 3.57. The summed E-state index contributed by atoms with van der Waals surface area (Å²) < 4.78 is 24.7. The van der Waals surface area contributed by atoms with Crippen LogP contribution in [0.15, 0.2) is 46.1 Å². The van der Waals surface area contributed by atoms with Gasteiger partial charge in [0.25, 0.3) is 0 Å². The molecule has 1 aliphatic rings. The van der Waals surface area contributed by atoms with Gasteiger partial charge in [-0.05, 0) is 43.6 Å². The molecule has 0 amide bonds. The van der Waals surface area contributed by atoms with E-state index in [-0.39, 0.29) is 18.1 Å². The second-order valence-electron chi connectivity index (χ2n) is 5.51. The lowest BCUT2D eigenvalue weighted by Crippen LogP contribution is -2.43. The molecule has 22 heavy (non-hydrogen) atoms. The highest BCUT2D eigenvalue weighted by molar-refractivity contribution is 7.99. The van der Waals surface area contributed by atoms with Gasteiger partial charge in [0.1, 0.15) is 5.75 Å². The number of aromatic hydroxyl groups is 1. The average molecular weight is 317 g/mol. The van der Waals surface area contributed by atoms with Crippen molar-refractivity contribution >= 4 is 17.4 Å². The lowest BCUT2D eigenvalue weighted by Gasteiger charge is -2.31. The molecule has 0 aliphatic carbocycles. The first kappa shape index (κ1) is 11.9. The van der Waals surface area contributed by atoms with E-state index in [1.165, 1.54) is 17.3 Å². The zero-order valence-electron chi connectivity index (χ0n) is 15.9. The van der Waals surface area contributed by atoms with Gasteiger partial charge in [-0.1, -0.05) is 29.5 Å². The number of nitrogens with one attached hydrogen (secondary N) is 1. The van der Waals surface area contributed by atoms with Gasteiger partial charge in [-0.2, -0.15) is 0 Å². The summed E-state index contributed by atoms with van der Waals surface area (Å²) in [6.07, 6.45) is 0. The highest BCUT2D eigenvalue weighted by Gasteiger charge is 2.16. The molecular formula is C18H22N2OS. The van der Waals surface area contributed by atoms with Crippen LogP contribution in [0.5, 0.6) is 5.75 Å². The zero-order chi connectivity index (χ0) is 18.1. The molecule has 1 saturated heterocycles. The Hall–Kier alpha value is -1.65. The maximum atomic E-state index is 10.1. The summed E-state index contributed by atoms with van der Waals surface area (Å²) in [6, 6.07) is 5.75. The Bertz CT molecular complexity index is 808. The third kappa shape index (κ3) is 3.39. The predicted molar refractivity (Wildman–Crippen MR) is 93.2 cm³/mol. The SMILES string of the molecule is [2H]c1c([2H])c(N2CCNCC2)c(Sc2ccc(C)cc2C)c([2H])c1O. The van der Waals surface area contributed by atoms with E-state index in [9.17, 15) is 5.11 Å². The van der Waals surface area contributed by atoms with Crippen molar-refractivity contribution in [3.8, 4) is 5.75 Å². The minimum absolute atomic E-state index is 0.0114. The fourth-order valence-electron chi connectivity index (χ4n) is 2.58. The van der Waals surface area contributed by atoms with Crippen LogP contribution in [0.4, 0.5) is 5.69 Å². The Labute approximate surface area is 140 Å². The van der Waals surface area contributed by atoms with E-state index in [0.717, 1.165) is 36.6 Å². The Balaban J connectivity index is 2.13. The first-order chi connectivity index (χ1) is 11.9. The molecule has 0 bridgehead atoms. The smallest absolute Gasteiger partial charge is 0.116 e. The lowest BCUT2D eigenvalue weighted by atomic mass is 10.2. The number of benzene rings is 2. The maximum Gasteiger partial charge on any atom is 0.116 e. The van der Waals surface area contributed by atoms with Crippen LogP contribution in [0.3, 0.4) is 0 Å². The molecule has 0 unspecified atom stereocenters. The number of hydrogen-bond donors (Lipinski definition) is 2. The van der Waals surface area contributed by atoms with Crippen molar-refractivity contribution in [3.05, 3.63) is 47.5 Å². The first-order valence-corrected chi connectivity index (χ1v) is 8.25. The molecule has 2 aromatic rings. The number of rotatable bonds is 3. The largest absolute Gasteiger partial charge is 0.508 e. The summed E-state index contributed by atoms with van der Waals surface area (Å²) in [6.45, 7) is 7.09. The summed E-state index contributed by atoms with van der Waals surface area (Å²) in [7, 11) is 0. The van der Waals surface area contributed by atoms with Crippen LogP contribution in [0.1, 0.15) is 15.2 Å². The average Bonchev–Trinajstić information content (AvgIpc) is 2.61. The number of phenols is 1. The molecule has 3 rings (SSSR count). The van der Waals surface area contributed by atoms with Gasteiger partial charge >= 0.3 is 0 Å². The number of anilines is 1. The van der Waals surface area contributed by atoms with Gasteiger partial charge < -0.3 is 15.3 Å². The van der Waals surface area contributed by atoms with Gasteiger partial charge in [0.05, 0.1) is 9.80 Å². The van der Waals surface area contributed by atoms with Crippen LogP contribution < -0.4 is 10.2 Å². The Morgan fingerprint density at radius 2 is 1.95 bits per heavy atom. The molecule has 0 radical (unpaired) electrons. The third-order valence-electron chi connectivity index (χ3n) is 3.72. The quantitative estimate of drug-likeness (QED) is 0.907. The number of nitrogens with zero attached hydrogens (tertiary/aromatic N) is 1. The first-order valence-electron chi connectivity index (χ1n) is 8.93. The maximum absolute atomic E-state index is 10.1. The summed E-state index contributed by atoms with van der Waals surface area (Å²) in [5, 5.41) is 13.4. The summed E-state index contributed by atoms with van der Waals surface area (Å²) >= 11 is 1.39. The molecule has 2 N–H and O–H groups in total. The monoisotopic (exact) mass is 317 g/mol. The fraction of sp³-hybridized carbons (Fsp3) is 0.333. The van der Waals surface area contributed by atoms with E-state index in [4.69, 9.17) is 4.11 Å². The van der Waals surface area contributed by atoms with Crippen LogP contribution in [-0.2, 0) is 0 Å². The molecule has 3 nitrogen and oxygen atoms in total. The fourth-order valence-corrected chi connectivity index (χ4v) is 3.58. The minimum atomic E-state index is -0.420. The van der Waals surface area contributed by atoms with E-state index < -0.39 is 5.75 Å². The molecular weight excluding hydrogens is 292 g/mol. The van der Waals surface area contributed by atoms with Crippen molar-refractivity contribution < 1.29 is 9.22 Å². The minimum Gasteiger partial charge on any atom is -0.508 e. The molecule has 0 aromatic heterocycles. The van der Waals surface area contributed by atoms with Crippen LogP contribution in [0, 0.1) is 13.8 Å². The standard InChI is InChI=1S/C18H22N2OS/c1-13-3-6-17(14(2)11-13)22-18-12-15(21)4-5-16(18)20-9-7-19-8-10-20/h3-6,11-12,19,21H,7-10H2,1-2H3/i4D,5D,12D. The van der Waals surface area contributed by atoms with Gasteiger partial charge in [-0.3, -0.25) is 0 Å². The molecule has 1 fully saturated rings. The van der Waals surface area contributed by atoms with E-state index in [1.807, 2.05) is 30.9 Å². The number of phenolic OH excluding ortho intramolecular Hbond substituents is 1. The molecule has 4 heteroatoms. The van der Waals surface area contributed by atoms with Crippen molar-refractivity contribution in [2.75, 3.05) is 31.1 Å². The molecule has 2 aromatic carbocycles. The van der Waals surface area contributed by atoms with Crippen molar-refractivity contribution in [2.45, 2.75) is 23.6 Å². The Morgan fingerprint density at radius 3 is 2.68 bits per heavy atom. The topological polar surface area (TPSA) is 35.5 Å². The second kappa shape index (κ2) is 6.63. The number of piperazine rings is 1. The molecule has 0 saturated carbocycles. The van der Waals surface area contributed by atoms with E-state index in [2.05, 4.69) is 11.4 Å². The van der Waals surface area contributed by atoms with Crippen LogP contribution >= 0.6 is 11.8 Å². The summed E-state index contributed by atoms with van der Waals surface area (Å²) in [4.78, 5) is 3.58. The second-order valence-corrected chi connectivity index (χ2v) is 6.56. The third-order valence-corrected chi connectivity index (χ3v) is 4.90. The highest BCUT2D eigenvalue weighted by Crippen LogP contribution is 2.39. The molecule has 1 heterocycles. The van der Waals surface area contributed by atoms with Crippen molar-refractivity contribution in [2.24, 2.45) is 0 Å². The van der Waals surface area contributed by atoms with E-state index >= 15 is 0 Å².